The van der Waals surface area contributed by atoms with E-state index in [-0.39, 0.29) is 17.6 Å². The minimum absolute atomic E-state index is 0.0638. The largest absolute Gasteiger partial charge is 0.508 e. The van der Waals surface area contributed by atoms with Gasteiger partial charge in [0, 0.05) is 11.6 Å². The Bertz CT molecular complexity index is 835. The van der Waals surface area contributed by atoms with Crippen molar-refractivity contribution in [2.45, 2.75) is 25.7 Å². The van der Waals surface area contributed by atoms with E-state index in [1.807, 2.05) is 24.3 Å². The molecule has 0 fully saturated rings. The first-order valence-electron chi connectivity index (χ1n) is 8.27. The summed E-state index contributed by atoms with van der Waals surface area (Å²) in [7, 11) is 0. The molecule has 0 spiro atoms. The summed E-state index contributed by atoms with van der Waals surface area (Å²) in [6.07, 6.45) is 2.09. The first kappa shape index (κ1) is 16.7. The zero-order chi connectivity index (χ0) is 17.8. The summed E-state index contributed by atoms with van der Waals surface area (Å²) in [4.78, 5) is 0. The summed E-state index contributed by atoms with van der Waals surface area (Å²) in [5.74, 6) is 1.08. The number of nitriles is 1. The number of nitrogens with zero attached hydrogens (tertiary/aromatic N) is 1. The summed E-state index contributed by atoms with van der Waals surface area (Å²) in [5, 5.41) is 19.2. The molecule has 5 heteroatoms. The summed E-state index contributed by atoms with van der Waals surface area (Å²) >= 11 is 0. The average Bonchev–Trinajstić information content (AvgIpc) is 2.61. The molecule has 0 bridgehead atoms. The third-order valence-electron chi connectivity index (χ3n) is 4.18. The van der Waals surface area contributed by atoms with Gasteiger partial charge in [-0.05, 0) is 30.2 Å². The van der Waals surface area contributed by atoms with Gasteiger partial charge in [-0.3, -0.25) is 0 Å². The number of rotatable bonds is 5. The van der Waals surface area contributed by atoms with Gasteiger partial charge >= 0.3 is 0 Å². The molecule has 1 aliphatic heterocycles. The van der Waals surface area contributed by atoms with Gasteiger partial charge in [0.1, 0.15) is 28.9 Å². The molecule has 0 saturated carbocycles. The van der Waals surface area contributed by atoms with Crippen LogP contribution in [0.2, 0.25) is 0 Å². The summed E-state index contributed by atoms with van der Waals surface area (Å²) in [5.41, 5.74) is 7.99. The minimum atomic E-state index is -0.334. The topological polar surface area (TPSA) is 88.5 Å². The Balaban J connectivity index is 1.96. The first-order chi connectivity index (χ1) is 12.1. The van der Waals surface area contributed by atoms with Gasteiger partial charge in [0.15, 0.2) is 0 Å². The van der Waals surface area contributed by atoms with Crippen LogP contribution >= 0.6 is 0 Å². The van der Waals surface area contributed by atoms with Crippen molar-refractivity contribution in [1.82, 2.24) is 0 Å². The minimum Gasteiger partial charge on any atom is -0.508 e. The van der Waals surface area contributed by atoms with Crippen molar-refractivity contribution in [3.63, 3.8) is 0 Å². The number of nitrogens with two attached hydrogens (primary N) is 1. The van der Waals surface area contributed by atoms with Crippen LogP contribution in [-0.4, -0.2) is 11.7 Å². The second kappa shape index (κ2) is 7.18. The summed E-state index contributed by atoms with van der Waals surface area (Å²) < 4.78 is 11.2. The maximum absolute atomic E-state index is 9.68. The molecule has 5 nitrogen and oxygen atoms in total. The Hall–Kier alpha value is -3.13. The fourth-order valence-corrected chi connectivity index (χ4v) is 2.88. The molecule has 1 heterocycles. The molecule has 1 atom stereocenters. The van der Waals surface area contributed by atoms with E-state index in [0.717, 1.165) is 29.7 Å². The van der Waals surface area contributed by atoms with Crippen molar-refractivity contribution in [3.05, 3.63) is 65.0 Å². The molecular formula is C20H20N2O3. The molecule has 3 N–H and O–H groups in total. The lowest BCUT2D eigenvalue weighted by atomic mass is 9.83. The van der Waals surface area contributed by atoms with E-state index >= 15 is 0 Å². The van der Waals surface area contributed by atoms with Crippen molar-refractivity contribution >= 4 is 0 Å². The predicted molar refractivity (Wildman–Crippen MR) is 94.2 cm³/mol. The maximum Gasteiger partial charge on any atom is 0.205 e. The highest BCUT2D eigenvalue weighted by Gasteiger charge is 2.30. The smallest absolute Gasteiger partial charge is 0.205 e. The molecular weight excluding hydrogens is 316 g/mol. The zero-order valence-electron chi connectivity index (χ0n) is 14.0. The van der Waals surface area contributed by atoms with Gasteiger partial charge < -0.3 is 20.3 Å². The quantitative estimate of drug-likeness (QED) is 0.811. The molecule has 2 aromatic rings. The van der Waals surface area contributed by atoms with Crippen molar-refractivity contribution < 1.29 is 14.6 Å². The van der Waals surface area contributed by atoms with Gasteiger partial charge in [-0.2, -0.15) is 5.26 Å². The van der Waals surface area contributed by atoms with Gasteiger partial charge in [0.05, 0.1) is 12.5 Å². The zero-order valence-corrected chi connectivity index (χ0v) is 14.0. The predicted octanol–water partition coefficient (Wildman–Crippen LogP) is 3.79. The Kier molecular flexibility index (Phi) is 4.80. The number of fused-ring (bicyclic) bond motifs is 1. The number of phenols is 1. The van der Waals surface area contributed by atoms with E-state index in [0.29, 0.717) is 17.9 Å². The van der Waals surface area contributed by atoms with E-state index < -0.39 is 0 Å². The molecule has 0 aromatic heterocycles. The summed E-state index contributed by atoms with van der Waals surface area (Å²) in [6, 6.07) is 14.6. The number of unbranched alkanes of at least 4 members (excludes halogenated alkanes) is 1. The van der Waals surface area contributed by atoms with Crippen molar-refractivity contribution in [2.75, 3.05) is 6.61 Å². The highest BCUT2D eigenvalue weighted by atomic mass is 16.5. The van der Waals surface area contributed by atoms with Crippen molar-refractivity contribution in [2.24, 2.45) is 5.73 Å². The van der Waals surface area contributed by atoms with Gasteiger partial charge in [0.25, 0.3) is 0 Å². The standard InChI is InChI=1S/C20H20N2O3/c1-2-3-10-24-15-7-4-13(5-8-15)19-16-9-6-14(23)11-18(16)25-20(22)17(19)12-21/h4-9,11,19,23H,2-3,10,22H2,1H3/t19-/m0/s1. The molecule has 3 rings (SSSR count). The fourth-order valence-electron chi connectivity index (χ4n) is 2.88. The third kappa shape index (κ3) is 3.38. The highest BCUT2D eigenvalue weighted by Crippen LogP contribution is 2.43. The molecule has 0 saturated heterocycles. The number of phenolic OH excluding ortho intramolecular Hbond substituents is 1. The lowest BCUT2D eigenvalue weighted by molar-refractivity contribution is 0.309. The van der Waals surface area contributed by atoms with E-state index in [1.54, 1.807) is 12.1 Å². The Morgan fingerprint density at radius 3 is 2.68 bits per heavy atom. The van der Waals surface area contributed by atoms with Crippen LogP contribution in [0, 0.1) is 11.3 Å². The lowest BCUT2D eigenvalue weighted by Crippen LogP contribution is -2.20. The Labute approximate surface area is 146 Å². The lowest BCUT2D eigenvalue weighted by Gasteiger charge is -2.26. The van der Waals surface area contributed by atoms with Gasteiger partial charge in [0.2, 0.25) is 5.88 Å². The highest BCUT2D eigenvalue weighted by molar-refractivity contribution is 5.57. The molecule has 0 amide bonds. The second-order valence-electron chi connectivity index (χ2n) is 5.92. The van der Waals surface area contributed by atoms with Crippen molar-refractivity contribution in [1.29, 1.82) is 5.26 Å². The van der Waals surface area contributed by atoms with Crippen LogP contribution in [0.4, 0.5) is 0 Å². The van der Waals surface area contributed by atoms with Gasteiger partial charge in [-0.1, -0.05) is 31.5 Å². The van der Waals surface area contributed by atoms with Crippen LogP contribution in [0.3, 0.4) is 0 Å². The second-order valence-corrected chi connectivity index (χ2v) is 5.92. The van der Waals surface area contributed by atoms with E-state index in [9.17, 15) is 10.4 Å². The number of allylic oxidation sites excluding steroid dienone is 1. The van der Waals surface area contributed by atoms with Crippen LogP contribution in [-0.2, 0) is 0 Å². The molecule has 2 aromatic carbocycles. The molecule has 0 radical (unpaired) electrons. The van der Waals surface area contributed by atoms with Gasteiger partial charge in [-0.15, -0.1) is 0 Å². The first-order valence-corrected chi connectivity index (χ1v) is 8.27. The van der Waals surface area contributed by atoms with Crippen LogP contribution in [0.1, 0.15) is 36.8 Å². The van der Waals surface area contributed by atoms with Crippen LogP contribution in [0.5, 0.6) is 17.2 Å². The third-order valence-corrected chi connectivity index (χ3v) is 4.18. The van der Waals surface area contributed by atoms with Crippen LogP contribution in [0.15, 0.2) is 53.9 Å². The number of ether oxygens (including phenoxy) is 2. The summed E-state index contributed by atoms with van der Waals surface area (Å²) in [6.45, 7) is 2.80. The van der Waals surface area contributed by atoms with Crippen LogP contribution in [0.25, 0.3) is 0 Å². The number of aromatic hydroxyl groups is 1. The van der Waals surface area contributed by atoms with Gasteiger partial charge in [-0.25, -0.2) is 0 Å². The maximum atomic E-state index is 9.68. The Morgan fingerprint density at radius 2 is 2.00 bits per heavy atom. The molecule has 0 aliphatic carbocycles. The monoisotopic (exact) mass is 336 g/mol. The van der Waals surface area contributed by atoms with Crippen LogP contribution < -0.4 is 15.2 Å². The Morgan fingerprint density at radius 1 is 1.24 bits per heavy atom. The van der Waals surface area contributed by atoms with E-state index in [1.165, 1.54) is 6.07 Å². The fraction of sp³-hybridized carbons (Fsp3) is 0.250. The van der Waals surface area contributed by atoms with E-state index in [2.05, 4.69) is 13.0 Å². The molecule has 128 valence electrons. The molecule has 25 heavy (non-hydrogen) atoms. The normalized spacial score (nSPS) is 15.9. The van der Waals surface area contributed by atoms with Crippen molar-refractivity contribution in [3.8, 4) is 23.3 Å². The number of hydrogen-bond acceptors (Lipinski definition) is 5. The van der Waals surface area contributed by atoms with E-state index in [4.69, 9.17) is 15.2 Å². The number of benzene rings is 2. The number of hydrogen-bond donors (Lipinski definition) is 2. The SMILES string of the molecule is CCCCOc1ccc([C@@H]2C(C#N)=C(N)Oc3cc(O)ccc32)cc1. The molecule has 0 unspecified atom stereocenters. The molecule has 1 aliphatic rings. The average molecular weight is 336 g/mol.